The molecule has 1 heterocycles. The van der Waals surface area contributed by atoms with Gasteiger partial charge in [0.25, 0.3) is 0 Å². The zero-order valence-corrected chi connectivity index (χ0v) is 12.3. The van der Waals surface area contributed by atoms with Crippen molar-refractivity contribution in [3.05, 3.63) is 48.4 Å². The normalized spacial score (nSPS) is 13.0. The van der Waals surface area contributed by atoms with Gasteiger partial charge >= 0.3 is 0 Å². The van der Waals surface area contributed by atoms with E-state index in [2.05, 4.69) is 48.3 Å². The number of hydrogen-bond acceptors (Lipinski definition) is 4. The topological polar surface area (TPSA) is 64.9 Å². The van der Waals surface area contributed by atoms with Gasteiger partial charge in [-0.1, -0.05) is 55.4 Å². The molecule has 4 nitrogen and oxygen atoms in total. The van der Waals surface area contributed by atoms with Crippen LogP contribution in [0.25, 0.3) is 22.2 Å². The maximum atomic E-state index is 6.08. The van der Waals surface area contributed by atoms with Crippen LogP contribution in [0.4, 0.5) is 0 Å². The van der Waals surface area contributed by atoms with Crippen molar-refractivity contribution in [2.75, 3.05) is 0 Å². The van der Waals surface area contributed by atoms with E-state index in [1.165, 1.54) is 5.39 Å². The molecule has 1 aromatic heterocycles. The lowest BCUT2D eigenvalue weighted by atomic mass is 10.0. The summed E-state index contributed by atoms with van der Waals surface area (Å²) in [5.41, 5.74) is 7.03. The summed E-state index contributed by atoms with van der Waals surface area (Å²) in [6, 6.07) is 14.1. The minimum Gasteiger partial charge on any atom is -0.337 e. The Balaban J connectivity index is 1.90. The molecule has 0 saturated heterocycles. The molecule has 2 aromatic carbocycles. The summed E-state index contributed by atoms with van der Waals surface area (Å²) in [6.07, 6.45) is 0.833. The second-order valence-electron chi connectivity index (χ2n) is 5.75. The first-order valence-electron chi connectivity index (χ1n) is 7.22. The second kappa shape index (κ2) is 5.66. The van der Waals surface area contributed by atoms with Crippen LogP contribution in [0, 0.1) is 5.92 Å². The van der Waals surface area contributed by atoms with Crippen molar-refractivity contribution in [2.45, 2.75) is 26.3 Å². The highest BCUT2D eigenvalue weighted by Crippen LogP contribution is 2.24. The Morgan fingerprint density at radius 3 is 2.62 bits per heavy atom. The Bertz CT molecular complexity index is 748. The van der Waals surface area contributed by atoms with E-state index in [0.717, 1.165) is 17.4 Å². The zero-order valence-electron chi connectivity index (χ0n) is 12.3. The maximum absolute atomic E-state index is 6.08. The highest BCUT2D eigenvalue weighted by molar-refractivity contribution is 5.86. The summed E-state index contributed by atoms with van der Waals surface area (Å²) in [5.74, 6) is 1.60. The molecule has 0 aliphatic carbocycles. The van der Waals surface area contributed by atoms with Crippen molar-refractivity contribution >= 4 is 10.8 Å². The van der Waals surface area contributed by atoms with E-state index < -0.39 is 0 Å². The van der Waals surface area contributed by atoms with E-state index in [1.54, 1.807) is 0 Å². The van der Waals surface area contributed by atoms with Gasteiger partial charge in [0, 0.05) is 5.56 Å². The molecule has 0 unspecified atom stereocenters. The molecule has 2 N–H and O–H groups in total. The summed E-state index contributed by atoms with van der Waals surface area (Å²) in [5, 5.41) is 6.41. The van der Waals surface area contributed by atoms with E-state index in [0.29, 0.717) is 17.6 Å². The van der Waals surface area contributed by atoms with E-state index >= 15 is 0 Å². The fraction of sp³-hybridized carbons (Fsp3) is 0.294. The van der Waals surface area contributed by atoms with Crippen LogP contribution in [0.2, 0.25) is 0 Å². The largest absolute Gasteiger partial charge is 0.337 e. The molecule has 1 atom stereocenters. The number of aromatic nitrogens is 2. The summed E-state index contributed by atoms with van der Waals surface area (Å²) in [6.45, 7) is 4.25. The van der Waals surface area contributed by atoms with Gasteiger partial charge in [-0.2, -0.15) is 4.98 Å². The monoisotopic (exact) mass is 281 g/mol. The minimum absolute atomic E-state index is 0.202. The van der Waals surface area contributed by atoms with Crippen LogP contribution in [0.5, 0.6) is 0 Å². The molecule has 3 aromatic rings. The fourth-order valence-electron chi connectivity index (χ4n) is 2.44. The molecule has 0 radical (unpaired) electrons. The lowest BCUT2D eigenvalue weighted by Gasteiger charge is -2.08. The summed E-state index contributed by atoms with van der Waals surface area (Å²) in [7, 11) is 0. The van der Waals surface area contributed by atoms with Gasteiger partial charge in [-0.25, -0.2) is 0 Å². The van der Waals surface area contributed by atoms with Gasteiger partial charge in [-0.3, -0.25) is 0 Å². The molecule has 0 amide bonds. The molecule has 108 valence electrons. The molecule has 3 rings (SSSR count). The number of rotatable bonds is 4. The molecule has 0 fully saturated rings. The smallest absolute Gasteiger partial charge is 0.243 e. The highest BCUT2D eigenvalue weighted by atomic mass is 16.5. The first-order valence-corrected chi connectivity index (χ1v) is 7.22. The van der Waals surface area contributed by atoms with Gasteiger partial charge < -0.3 is 10.3 Å². The Kier molecular flexibility index (Phi) is 3.71. The molecule has 0 aliphatic rings. The zero-order chi connectivity index (χ0) is 14.8. The number of nitrogens with zero attached hydrogens (tertiary/aromatic N) is 2. The summed E-state index contributed by atoms with van der Waals surface area (Å²) in [4.78, 5) is 4.44. The lowest BCUT2D eigenvalue weighted by molar-refractivity contribution is 0.335. The molecule has 21 heavy (non-hydrogen) atoms. The van der Waals surface area contributed by atoms with Crippen LogP contribution in [0.3, 0.4) is 0 Å². The Morgan fingerprint density at radius 2 is 1.86 bits per heavy atom. The molecule has 4 heteroatoms. The van der Waals surface area contributed by atoms with Crippen molar-refractivity contribution in [3.63, 3.8) is 0 Å². The second-order valence-corrected chi connectivity index (χ2v) is 5.75. The lowest BCUT2D eigenvalue weighted by Crippen LogP contribution is -2.13. The third kappa shape index (κ3) is 2.95. The van der Waals surface area contributed by atoms with Crippen LogP contribution in [-0.2, 0) is 0 Å². The van der Waals surface area contributed by atoms with Crippen LogP contribution in [0.1, 0.15) is 32.2 Å². The standard InChI is InChI=1S/C17H19N3O/c1-11(2)9-15(18)17-19-16(20-21-17)14-8-7-12-5-3-4-6-13(12)10-14/h3-8,10-11,15H,9,18H2,1-2H3/t15-/m1/s1. The van der Waals surface area contributed by atoms with Crippen molar-refractivity contribution in [1.82, 2.24) is 10.1 Å². The predicted octanol–water partition coefficient (Wildman–Crippen LogP) is 3.94. The number of benzene rings is 2. The molecular formula is C17H19N3O. The van der Waals surface area contributed by atoms with Crippen LogP contribution in [0.15, 0.2) is 47.0 Å². The third-order valence-electron chi connectivity index (χ3n) is 3.49. The fourth-order valence-corrected chi connectivity index (χ4v) is 2.44. The van der Waals surface area contributed by atoms with Gasteiger partial charge in [0.05, 0.1) is 6.04 Å². The summed E-state index contributed by atoms with van der Waals surface area (Å²) >= 11 is 0. The van der Waals surface area contributed by atoms with Crippen molar-refractivity contribution in [1.29, 1.82) is 0 Å². The number of fused-ring (bicyclic) bond motifs is 1. The highest BCUT2D eigenvalue weighted by Gasteiger charge is 2.16. The molecular weight excluding hydrogens is 262 g/mol. The van der Waals surface area contributed by atoms with Gasteiger partial charge in [-0.05, 0) is 29.2 Å². The van der Waals surface area contributed by atoms with Crippen molar-refractivity contribution in [2.24, 2.45) is 11.7 Å². The minimum atomic E-state index is -0.202. The molecule has 0 bridgehead atoms. The van der Waals surface area contributed by atoms with Crippen molar-refractivity contribution < 1.29 is 4.52 Å². The van der Waals surface area contributed by atoms with Crippen LogP contribution in [-0.4, -0.2) is 10.1 Å². The number of hydrogen-bond donors (Lipinski definition) is 1. The third-order valence-corrected chi connectivity index (χ3v) is 3.49. The summed E-state index contributed by atoms with van der Waals surface area (Å²) < 4.78 is 5.31. The van der Waals surface area contributed by atoms with Gasteiger partial charge in [0.1, 0.15) is 0 Å². The van der Waals surface area contributed by atoms with Gasteiger partial charge in [0.2, 0.25) is 11.7 Å². The van der Waals surface area contributed by atoms with Crippen LogP contribution >= 0.6 is 0 Å². The first-order chi connectivity index (χ1) is 10.1. The molecule has 0 spiro atoms. The average Bonchev–Trinajstić information content (AvgIpc) is 2.96. The predicted molar refractivity (Wildman–Crippen MR) is 83.6 cm³/mol. The van der Waals surface area contributed by atoms with Crippen LogP contribution < -0.4 is 5.73 Å². The van der Waals surface area contributed by atoms with E-state index in [9.17, 15) is 0 Å². The maximum Gasteiger partial charge on any atom is 0.243 e. The first kappa shape index (κ1) is 13.8. The van der Waals surface area contributed by atoms with E-state index in [1.807, 2.05) is 18.2 Å². The van der Waals surface area contributed by atoms with E-state index in [4.69, 9.17) is 10.3 Å². The van der Waals surface area contributed by atoms with Gasteiger partial charge in [0.15, 0.2) is 0 Å². The van der Waals surface area contributed by atoms with E-state index in [-0.39, 0.29) is 6.04 Å². The SMILES string of the molecule is CC(C)C[C@@H](N)c1nc(-c2ccc3ccccc3c2)no1. The quantitative estimate of drug-likeness (QED) is 0.786. The van der Waals surface area contributed by atoms with Crippen molar-refractivity contribution in [3.8, 4) is 11.4 Å². The molecule has 0 saturated carbocycles. The average molecular weight is 281 g/mol. The Hall–Kier alpha value is -2.20. The van der Waals surface area contributed by atoms with Gasteiger partial charge in [-0.15, -0.1) is 0 Å². The Morgan fingerprint density at radius 1 is 1.10 bits per heavy atom. The number of nitrogens with two attached hydrogens (primary N) is 1. The molecule has 0 aliphatic heterocycles. The Labute approximate surface area is 124 Å².